The molecule has 2 rings (SSSR count). The molecule has 5 nitrogen and oxygen atoms in total. The molecule has 1 aromatic carbocycles. The zero-order valence-electron chi connectivity index (χ0n) is 11.3. The molecule has 0 bridgehead atoms. The van der Waals surface area contributed by atoms with E-state index in [0.717, 1.165) is 5.76 Å². The molecule has 104 valence electrons. The molecule has 20 heavy (non-hydrogen) atoms. The van der Waals surface area contributed by atoms with Crippen molar-refractivity contribution in [2.75, 3.05) is 0 Å². The van der Waals surface area contributed by atoms with Crippen LogP contribution in [-0.2, 0) is 4.79 Å². The van der Waals surface area contributed by atoms with Crippen LogP contribution in [0.2, 0.25) is 0 Å². The summed E-state index contributed by atoms with van der Waals surface area (Å²) >= 11 is 0. The first-order valence-corrected chi connectivity index (χ1v) is 6.22. The van der Waals surface area contributed by atoms with E-state index in [1.54, 1.807) is 37.3 Å². The summed E-state index contributed by atoms with van der Waals surface area (Å²) in [5.41, 5.74) is 3.38. The molecule has 0 spiro atoms. The van der Waals surface area contributed by atoms with Gasteiger partial charge < -0.3 is 9.52 Å². The maximum atomic E-state index is 11.8. The summed E-state index contributed by atoms with van der Waals surface area (Å²) in [6, 6.07) is 12.3. The normalized spacial score (nSPS) is 13.1. The van der Waals surface area contributed by atoms with Crippen LogP contribution in [0.25, 0.3) is 0 Å². The van der Waals surface area contributed by atoms with Crippen molar-refractivity contribution in [2.45, 2.75) is 20.0 Å². The Morgan fingerprint density at radius 1 is 1.25 bits per heavy atom. The van der Waals surface area contributed by atoms with Gasteiger partial charge in [-0.25, -0.2) is 5.43 Å². The van der Waals surface area contributed by atoms with Gasteiger partial charge in [0.15, 0.2) is 6.10 Å². The molecule has 5 heteroatoms. The number of aliphatic hydroxyl groups is 1. The summed E-state index contributed by atoms with van der Waals surface area (Å²) in [5.74, 6) is 0.765. The van der Waals surface area contributed by atoms with Crippen LogP contribution in [0.4, 0.5) is 0 Å². The van der Waals surface area contributed by atoms with Crippen molar-refractivity contribution in [3.05, 3.63) is 59.5 Å². The first-order chi connectivity index (χ1) is 9.58. The summed E-state index contributed by atoms with van der Waals surface area (Å²) in [5, 5.41) is 13.8. The van der Waals surface area contributed by atoms with Gasteiger partial charge in [0.25, 0.3) is 5.91 Å². The van der Waals surface area contributed by atoms with Crippen LogP contribution in [0.5, 0.6) is 0 Å². The number of nitrogens with zero attached hydrogens (tertiary/aromatic N) is 1. The summed E-state index contributed by atoms with van der Waals surface area (Å²) in [7, 11) is 0. The van der Waals surface area contributed by atoms with Crippen molar-refractivity contribution in [3.8, 4) is 0 Å². The first kappa shape index (κ1) is 14.0. The molecule has 0 aliphatic heterocycles. The Hall–Kier alpha value is -2.40. The lowest BCUT2D eigenvalue weighted by atomic mass is 10.1. The van der Waals surface area contributed by atoms with E-state index in [0.29, 0.717) is 17.0 Å². The number of carbonyl (C=O) groups is 1. The fourth-order valence-corrected chi connectivity index (χ4v) is 1.67. The lowest BCUT2D eigenvalue weighted by molar-refractivity contribution is -0.129. The SMILES string of the molecule is C/C(=N/NC(=O)[C@@H](O)c1ccccc1)c1ccc(C)o1. The Balaban J connectivity index is 2.01. The average Bonchev–Trinajstić information content (AvgIpc) is 2.91. The maximum absolute atomic E-state index is 11.8. The lowest BCUT2D eigenvalue weighted by Gasteiger charge is -2.09. The van der Waals surface area contributed by atoms with E-state index in [-0.39, 0.29) is 0 Å². The summed E-state index contributed by atoms with van der Waals surface area (Å²) in [4.78, 5) is 11.8. The Kier molecular flexibility index (Phi) is 4.32. The molecule has 1 heterocycles. The van der Waals surface area contributed by atoms with Crippen molar-refractivity contribution in [1.82, 2.24) is 5.43 Å². The van der Waals surface area contributed by atoms with Gasteiger partial charge >= 0.3 is 0 Å². The Bertz CT molecular complexity index is 617. The number of aryl methyl sites for hydroxylation is 1. The molecule has 0 unspecified atom stereocenters. The number of hydrazone groups is 1. The van der Waals surface area contributed by atoms with E-state index in [4.69, 9.17) is 4.42 Å². The Labute approximate surface area is 116 Å². The van der Waals surface area contributed by atoms with Crippen LogP contribution in [0.3, 0.4) is 0 Å². The van der Waals surface area contributed by atoms with Gasteiger partial charge in [0.1, 0.15) is 17.2 Å². The second kappa shape index (κ2) is 6.16. The van der Waals surface area contributed by atoms with E-state index in [9.17, 15) is 9.90 Å². The molecule has 0 radical (unpaired) electrons. The van der Waals surface area contributed by atoms with E-state index < -0.39 is 12.0 Å². The van der Waals surface area contributed by atoms with Crippen LogP contribution in [-0.4, -0.2) is 16.7 Å². The standard InChI is InChI=1S/C15H16N2O3/c1-10-8-9-13(20-10)11(2)16-17-15(19)14(18)12-6-4-3-5-7-12/h3-9,14,18H,1-2H3,(H,17,19)/b16-11-/t14-/m0/s1. The number of amides is 1. The smallest absolute Gasteiger partial charge is 0.273 e. The molecule has 0 aliphatic carbocycles. The molecular weight excluding hydrogens is 256 g/mol. The van der Waals surface area contributed by atoms with E-state index in [2.05, 4.69) is 10.5 Å². The van der Waals surface area contributed by atoms with Gasteiger partial charge in [-0.3, -0.25) is 4.79 Å². The highest BCUT2D eigenvalue weighted by atomic mass is 16.3. The topological polar surface area (TPSA) is 74.8 Å². The van der Waals surface area contributed by atoms with Crippen LogP contribution in [0.15, 0.2) is 52.0 Å². The summed E-state index contributed by atoms with van der Waals surface area (Å²) in [6.45, 7) is 3.54. The minimum atomic E-state index is -1.24. The molecule has 1 amide bonds. The van der Waals surface area contributed by atoms with Gasteiger partial charge in [-0.05, 0) is 31.5 Å². The molecule has 0 saturated carbocycles. The Morgan fingerprint density at radius 2 is 1.95 bits per heavy atom. The van der Waals surface area contributed by atoms with E-state index >= 15 is 0 Å². The van der Waals surface area contributed by atoms with Crippen LogP contribution in [0, 0.1) is 6.92 Å². The minimum absolute atomic E-state index is 0.520. The average molecular weight is 272 g/mol. The van der Waals surface area contributed by atoms with Crippen molar-refractivity contribution in [1.29, 1.82) is 0 Å². The maximum Gasteiger partial charge on any atom is 0.273 e. The molecule has 1 aromatic heterocycles. The van der Waals surface area contributed by atoms with Gasteiger partial charge in [0, 0.05) is 0 Å². The number of hydrogen-bond donors (Lipinski definition) is 2. The summed E-state index contributed by atoms with van der Waals surface area (Å²) in [6.07, 6.45) is -1.24. The predicted octanol–water partition coefficient (Wildman–Crippen LogP) is 2.16. The molecule has 0 fully saturated rings. The van der Waals surface area contributed by atoms with Crippen molar-refractivity contribution < 1.29 is 14.3 Å². The zero-order chi connectivity index (χ0) is 14.5. The van der Waals surface area contributed by atoms with Crippen LogP contribution in [0.1, 0.15) is 30.1 Å². The van der Waals surface area contributed by atoms with Gasteiger partial charge in [-0.2, -0.15) is 5.10 Å². The molecule has 1 atom stereocenters. The highest BCUT2D eigenvalue weighted by molar-refractivity contribution is 5.97. The fourth-order valence-electron chi connectivity index (χ4n) is 1.67. The predicted molar refractivity (Wildman–Crippen MR) is 75.2 cm³/mol. The molecule has 2 aromatic rings. The minimum Gasteiger partial charge on any atom is -0.460 e. The highest BCUT2D eigenvalue weighted by Gasteiger charge is 2.16. The van der Waals surface area contributed by atoms with Crippen molar-refractivity contribution >= 4 is 11.6 Å². The number of furan rings is 1. The Morgan fingerprint density at radius 3 is 2.55 bits per heavy atom. The third kappa shape index (κ3) is 3.33. The van der Waals surface area contributed by atoms with Crippen molar-refractivity contribution in [3.63, 3.8) is 0 Å². The van der Waals surface area contributed by atoms with Gasteiger partial charge in [-0.15, -0.1) is 0 Å². The second-order valence-corrected chi connectivity index (χ2v) is 4.40. The number of rotatable bonds is 4. The molecule has 0 saturated heterocycles. The number of nitrogens with one attached hydrogen (secondary N) is 1. The zero-order valence-corrected chi connectivity index (χ0v) is 11.3. The highest BCUT2D eigenvalue weighted by Crippen LogP contribution is 2.12. The van der Waals surface area contributed by atoms with E-state index in [1.165, 1.54) is 0 Å². The molecule has 0 aliphatic rings. The third-order valence-electron chi connectivity index (χ3n) is 2.79. The number of benzene rings is 1. The summed E-state index contributed by atoms with van der Waals surface area (Å²) < 4.78 is 5.38. The second-order valence-electron chi connectivity index (χ2n) is 4.40. The number of carbonyl (C=O) groups excluding carboxylic acids is 1. The lowest BCUT2D eigenvalue weighted by Crippen LogP contribution is -2.26. The van der Waals surface area contributed by atoms with Crippen molar-refractivity contribution in [2.24, 2.45) is 5.10 Å². The van der Waals surface area contributed by atoms with E-state index in [1.807, 2.05) is 19.1 Å². The third-order valence-corrected chi connectivity index (χ3v) is 2.79. The van der Waals surface area contributed by atoms with Gasteiger partial charge in [-0.1, -0.05) is 30.3 Å². The largest absolute Gasteiger partial charge is 0.460 e. The van der Waals surface area contributed by atoms with Gasteiger partial charge in [0.2, 0.25) is 0 Å². The van der Waals surface area contributed by atoms with Crippen LogP contribution < -0.4 is 5.43 Å². The number of hydrogen-bond acceptors (Lipinski definition) is 4. The monoisotopic (exact) mass is 272 g/mol. The molecular formula is C15H16N2O3. The van der Waals surface area contributed by atoms with Gasteiger partial charge in [0.05, 0.1) is 0 Å². The first-order valence-electron chi connectivity index (χ1n) is 6.22. The molecule has 2 N–H and O–H groups in total. The van der Waals surface area contributed by atoms with Crippen LogP contribution >= 0.6 is 0 Å². The quantitative estimate of drug-likeness (QED) is 0.661. The fraction of sp³-hybridized carbons (Fsp3) is 0.200. The number of aliphatic hydroxyl groups excluding tert-OH is 1.